The van der Waals surface area contributed by atoms with Crippen LogP contribution in [0.3, 0.4) is 0 Å². The lowest BCUT2D eigenvalue weighted by Crippen LogP contribution is -2.41. The first-order chi connectivity index (χ1) is 12.6. The smallest absolute Gasteiger partial charge is 0.326 e. The number of amides is 3. The number of esters is 1. The molecule has 2 rings (SSSR count). The van der Waals surface area contributed by atoms with E-state index in [0.717, 1.165) is 16.3 Å². The van der Waals surface area contributed by atoms with Gasteiger partial charge in [-0.05, 0) is 33.8 Å². The van der Waals surface area contributed by atoms with Gasteiger partial charge in [-0.2, -0.15) is 0 Å². The fourth-order valence-corrected chi connectivity index (χ4v) is 2.97. The van der Waals surface area contributed by atoms with Gasteiger partial charge in [0, 0.05) is 30.6 Å². The Labute approximate surface area is 157 Å². The molecule has 1 aromatic rings. The molecule has 1 aromatic heterocycles. The molecule has 3 amide bonds. The minimum Gasteiger partial charge on any atom is -0.456 e. The molecule has 0 aliphatic carbocycles. The molecule has 148 valence electrons. The average molecular weight is 379 g/mol. The van der Waals surface area contributed by atoms with Gasteiger partial charge in [0.2, 0.25) is 5.78 Å². The van der Waals surface area contributed by atoms with Crippen LogP contribution in [0.5, 0.6) is 0 Å². The Kier molecular flexibility index (Phi) is 6.04. The summed E-state index contributed by atoms with van der Waals surface area (Å²) in [6.45, 7) is 6.92. The maximum atomic E-state index is 12.4. The summed E-state index contributed by atoms with van der Waals surface area (Å²) < 4.78 is 12.0. The van der Waals surface area contributed by atoms with Crippen molar-refractivity contribution in [2.24, 2.45) is 0 Å². The third-order valence-corrected chi connectivity index (χ3v) is 4.49. The van der Waals surface area contributed by atoms with Crippen LogP contribution in [0.4, 0.5) is 4.79 Å². The van der Waals surface area contributed by atoms with E-state index in [1.54, 1.807) is 27.0 Å². The zero-order chi connectivity index (χ0) is 20.4. The molecule has 0 saturated carbocycles. The van der Waals surface area contributed by atoms with Crippen LogP contribution in [0.25, 0.3) is 0 Å². The minimum absolute atomic E-state index is 0.349. The number of hydrogen-bond donors (Lipinski definition) is 1. The number of nitrogens with zero attached hydrogens (tertiary/aromatic N) is 2. The maximum absolute atomic E-state index is 12.4. The number of Topliss-reactive ketones (excluding diaryl/α,β-unsaturated/α-hetero) is 1. The van der Waals surface area contributed by atoms with E-state index >= 15 is 0 Å². The van der Waals surface area contributed by atoms with Crippen molar-refractivity contribution in [2.45, 2.75) is 39.8 Å². The fourth-order valence-electron chi connectivity index (χ4n) is 2.97. The molecular formula is C18H25N3O6. The van der Waals surface area contributed by atoms with E-state index in [1.807, 2.05) is 18.4 Å². The zero-order valence-electron chi connectivity index (χ0n) is 16.2. The Bertz CT molecular complexity index is 780. The molecule has 1 saturated heterocycles. The van der Waals surface area contributed by atoms with Crippen molar-refractivity contribution in [1.82, 2.24) is 14.8 Å². The summed E-state index contributed by atoms with van der Waals surface area (Å²) in [4.78, 5) is 49.0. The summed E-state index contributed by atoms with van der Waals surface area (Å²) in [6.07, 6.45) is 0. The number of nitrogens with one attached hydrogen (secondary N) is 1. The molecule has 2 heterocycles. The molecule has 27 heavy (non-hydrogen) atoms. The molecule has 0 aromatic carbocycles. The molecule has 0 unspecified atom stereocenters. The number of methoxy groups -OCH3 is 1. The molecule has 0 spiro atoms. The second-order valence-electron chi connectivity index (χ2n) is 6.96. The van der Waals surface area contributed by atoms with Crippen LogP contribution < -0.4 is 5.32 Å². The first-order valence-electron chi connectivity index (χ1n) is 8.57. The summed E-state index contributed by atoms with van der Waals surface area (Å²) in [6, 6.07) is 1.08. The predicted molar refractivity (Wildman–Crippen MR) is 95.4 cm³/mol. The highest BCUT2D eigenvalue weighted by Crippen LogP contribution is 2.17. The van der Waals surface area contributed by atoms with Crippen LogP contribution in [0.2, 0.25) is 0 Å². The Morgan fingerprint density at radius 2 is 1.89 bits per heavy atom. The van der Waals surface area contributed by atoms with Crippen LogP contribution in [0.1, 0.15) is 35.6 Å². The molecule has 1 aliphatic heterocycles. The molecule has 9 nitrogen and oxygen atoms in total. The van der Waals surface area contributed by atoms with Crippen LogP contribution in [-0.2, 0) is 25.6 Å². The number of ether oxygens (including phenoxy) is 2. The van der Waals surface area contributed by atoms with Gasteiger partial charge >= 0.3 is 12.0 Å². The van der Waals surface area contributed by atoms with Gasteiger partial charge in [-0.1, -0.05) is 0 Å². The van der Waals surface area contributed by atoms with Crippen molar-refractivity contribution < 1.29 is 28.7 Å². The van der Waals surface area contributed by atoms with E-state index in [2.05, 4.69) is 5.32 Å². The highest BCUT2D eigenvalue weighted by atomic mass is 16.5. The predicted octanol–water partition coefficient (Wildman–Crippen LogP) is 0.808. The van der Waals surface area contributed by atoms with E-state index < -0.39 is 36.6 Å². The monoisotopic (exact) mass is 379 g/mol. The van der Waals surface area contributed by atoms with Crippen LogP contribution in [0.15, 0.2) is 6.07 Å². The summed E-state index contributed by atoms with van der Waals surface area (Å²) in [5.41, 5.74) is 1.07. The topological polar surface area (TPSA) is 107 Å². The van der Waals surface area contributed by atoms with E-state index in [0.29, 0.717) is 18.7 Å². The van der Waals surface area contributed by atoms with Crippen LogP contribution in [0, 0.1) is 13.8 Å². The Morgan fingerprint density at radius 1 is 1.22 bits per heavy atom. The van der Waals surface area contributed by atoms with E-state index in [-0.39, 0.29) is 5.78 Å². The molecule has 1 fully saturated rings. The molecule has 0 atom stereocenters. The molecule has 1 N–H and O–H groups in total. The molecule has 9 heteroatoms. The number of carbonyl (C=O) groups is 4. The number of carbonyl (C=O) groups excluding carboxylic acids is 4. The van der Waals surface area contributed by atoms with Crippen molar-refractivity contribution in [3.63, 3.8) is 0 Å². The number of ketones is 1. The second-order valence-corrected chi connectivity index (χ2v) is 6.96. The van der Waals surface area contributed by atoms with Crippen LogP contribution >= 0.6 is 0 Å². The summed E-state index contributed by atoms with van der Waals surface area (Å²) in [5, 5.41) is 2.47. The van der Waals surface area contributed by atoms with Gasteiger partial charge in [0.15, 0.2) is 6.61 Å². The van der Waals surface area contributed by atoms with Crippen molar-refractivity contribution in [3.8, 4) is 0 Å². The highest BCUT2D eigenvalue weighted by molar-refractivity contribution is 6.08. The van der Waals surface area contributed by atoms with Gasteiger partial charge in [0.05, 0.1) is 6.61 Å². The number of hydrogen-bond acceptors (Lipinski definition) is 6. The van der Waals surface area contributed by atoms with Gasteiger partial charge in [0.25, 0.3) is 5.91 Å². The van der Waals surface area contributed by atoms with Gasteiger partial charge < -0.3 is 19.4 Å². The lowest BCUT2D eigenvalue weighted by Gasteiger charge is -2.15. The zero-order valence-corrected chi connectivity index (χ0v) is 16.2. The highest BCUT2D eigenvalue weighted by Gasteiger charge is 2.45. The Hall–Kier alpha value is -2.68. The number of imide groups is 1. The molecule has 1 aliphatic rings. The largest absolute Gasteiger partial charge is 0.456 e. The second kappa shape index (κ2) is 7.91. The third-order valence-electron chi connectivity index (χ3n) is 4.49. The van der Waals surface area contributed by atoms with Gasteiger partial charge in [0.1, 0.15) is 12.1 Å². The summed E-state index contributed by atoms with van der Waals surface area (Å²) >= 11 is 0. The average Bonchev–Trinajstić information content (AvgIpc) is 2.98. The first kappa shape index (κ1) is 20.6. The SMILES string of the molecule is COCCn1c(C)cc(C(=O)COC(=O)CN2C(=O)NC(C)(C)C2=O)c1C. The van der Waals surface area contributed by atoms with E-state index in [4.69, 9.17) is 9.47 Å². The van der Waals surface area contributed by atoms with Crippen molar-refractivity contribution in [2.75, 3.05) is 26.9 Å². The van der Waals surface area contributed by atoms with E-state index in [1.165, 1.54) is 0 Å². The third kappa shape index (κ3) is 4.36. The number of rotatable bonds is 8. The number of aryl methyl sites for hydroxylation is 1. The van der Waals surface area contributed by atoms with Gasteiger partial charge in [-0.15, -0.1) is 0 Å². The number of urea groups is 1. The standard InChI is InChI=1S/C18H25N3O6/c1-11-8-13(12(2)20(11)6-7-26-5)14(22)10-27-15(23)9-21-16(24)18(3,4)19-17(21)25/h8H,6-7,9-10H2,1-5H3,(H,19,25). The minimum atomic E-state index is -1.06. The number of aromatic nitrogens is 1. The quantitative estimate of drug-likeness (QED) is 0.407. The van der Waals surface area contributed by atoms with Crippen LogP contribution in [-0.4, -0.2) is 65.6 Å². The lowest BCUT2D eigenvalue weighted by atomic mass is 10.1. The van der Waals surface area contributed by atoms with Gasteiger partial charge in [-0.3, -0.25) is 19.3 Å². The Morgan fingerprint density at radius 3 is 2.44 bits per heavy atom. The maximum Gasteiger partial charge on any atom is 0.326 e. The van der Waals surface area contributed by atoms with Gasteiger partial charge in [-0.25, -0.2) is 4.79 Å². The first-order valence-corrected chi connectivity index (χ1v) is 8.57. The Balaban J connectivity index is 1.95. The molecule has 0 radical (unpaired) electrons. The molecule has 0 bridgehead atoms. The summed E-state index contributed by atoms with van der Waals surface area (Å²) in [7, 11) is 1.60. The normalized spacial score (nSPS) is 15.8. The van der Waals surface area contributed by atoms with Crippen molar-refractivity contribution in [3.05, 3.63) is 23.0 Å². The molecular weight excluding hydrogens is 354 g/mol. The summed E-state index contributed by atoms with van der Waals surface area (Å²) in [5.74, 6) is -1.69. The van der Waals surface area contributed by atoms with Crippen molar-refractivity contribution in [1.29, 1.82) is 0 Å². The van der Waals surface area contributed by atoms with E-state index in [9.17, 15) is 19.2 Å². The lowest BCUT2D eigenvalue weighted by molar-refractivity contribution is -0.146. The fraction of sp³-hybridized carbons (Fsp3) is 0.556. The van der Waals surface area contributed by atoms with Crippen molar-refractivity contribution >= 4 is 23.7 Å².